The fourth-order valence-electron chi connectivity index (χ4n) is 7.00. The number of rotatable bonds is 13. The predicted molar refractivity (Wildman–Crippen MR) is 206 cm³/mol. The number of ether oxygens (including phenoxy) is 2. The summed E-state index contributed by atoms with van der Waals surface area (Å²) in [7, 11) is 0. The summed E-state index contributed by atoms with van der Waals surface area (Å²) in [5.74, 6) is 0.573. The van der Waals surface area contributed by atoms with Crippen molar-refractivity contribution in [3.05, 3.63) is 102 Å². The number of halogens is 1. The minimum Gasteiger partial charge on any atom is -0.488 e. The van der Waals surface area contributed by atoms with Gasteiger partial charge < -0.3 is 41.0 Å². The van der Waals surface area contributed by atoms with Crippen LogP contribution in [0.5, 0.6) is 11.5 Å². The third-order valence-electron chi connectivity index (χ3n) is 10.0. The van der Waals surface area contributed by atoms with Gasteiger partial charge in [0.15, 0.2) is 0 Å². The second-order valence-corrected chi connectivity index (χ2v) is 13.9. The molecule has 54 heavy (non-hydrogen) atoms. The lowest BCUT2D eigenvalue weighted by Gasteiger charge is -2.27. The van der Waals surface area contributed by atoms with Crippen LogP contribution in [0.2, 0.25) is 0 Å². The van der Waals surface area contributed by atoms with E-state index in [1.165, 1.54) is 12.1 Å². The largest absolute Gasteiger partial charge is 0.488 e. The zero-order valence-corrected chi connectivity index (χ0v) is 30.3. The molecule has 3 aliphatic rings. The molecule has 3 fully saturated rings. The highest BCUT2D eigenvalue weighted by atomic mass is 19.1. The summed E-state index contributed by atoms with van der Waals surface area (Å²) in [5, 5.41) is 15.8. The van der Waals surface area contributed by atoms with Gasteiger partial charge in [0.05, 0.1) is 0 Å². The van der Waals surface area contributed by atoms with E-state index in [1.807, 2.05) is 47.4 Å². The number of carbonyl (C=O) groups is 3. The van der Waals surface area contributed by atoms with Gasteiger partial charge in [-0.2, -0.15) is 0 Å². The third kappa shape index (κ3) is 9.43. The van der Waals surface area contributed by atoms with Crippen molar-refractivity contribution in [1.82, 2.24) is 26.2 Å². The lowest BCUT2D eigenvalue weighted by molar-refractivity contribution is -0.131. The first kappa shape index (κ1) is 37.0. The second kappa shape index (κ2) is 17.7. The number of nitrogens with one attached hydrogen (secondary N) is 5. The Hall–Kier alpha value is -5.30. The van der Waals surface area contributed by atoms with Gasteiger partial charge in [-0.15, -0.1) is 0 Å². The number of hydrogen-bond donors (Lipinski definition) is 5. The fourth-order valence-corrected chi connectivity index (χ4v) is 7.00. The molecule has 3 saturated heterocycles. The van der Waals surface area contributed by atoms with Crippen LogP contribution in [0.3, 0.4) is 0 Å². The zero-order valence-electron chi connectivity index (χ0n) is 30.3. The molecule has 12 heteroatoms. The molecule has 0 radical (unpaired) electrons. The van der Waals surface area contributed by atoms with Gasteiger partial charge in [-0.25, -0.2) is 4.39 Å². The smallest absolute Gasteiger partial charge is 0.255 e. The van der Waals surface area contributed by atoms with E-state index in [0.29, 0.717) is 47.7 Å². The maximum absolute atomic E-state index is 13.8. The number of amides is 3. The Morgan fingerprint density at radius 1 is 0.685 bits per heavy atom. The minimum absolute atomic E-state index is 0.00225. The standard InChI is InChI=1S/C42H47FN6O5/c43-32-10-7-29(8-11-32)37-25-33(12-14-39(37)54-35-16-19-46-27-35)48-42(52)31-9-13-38(53-34-15-18-45-26-34)36(24-31)28-3-5-30(6-4-28)41(51)47-17-1-2-40(50)49-22-20-44-21-23-49/h3-14,24-25,34-35,44-46H,1-2,15-23,26-27H2,(H,47,51)(H,48,52)/t34-,35-/m0/s1. The van der Waals surface area contributed by atoms with Gasteiger partial charge >= 0.3 is 0 Å². The molecular formula is C42H47FN6O5. The Morgan fingerprint density at radius 2 is 1.28 bits per heavy atom. The van der Waals surface area contributed by atoms with Crippen molar-refractivity contribution < 1.29 is 28.2 Å². The molecule has 3 amide bonds. The maximum Gasteiger partial charge on any atom is 0.255 e. The van der Waals surface area contributed by atoms with E-state index >= 15 is 0 Å². The topological polar surface area (TPSA) is 133 Å². The Bertz CT molecular complexity index is 1920. The zero-order chi connectivity index (χ0) is 37.3. The summed E-state index contributed by atoms with van der Waals surface area (Å²) < 4.78 is 26.5. The first-order valence-corrected chi connectivity index (χ1v) is 18.9. The Kier molecular flexibility index (Phi) is 12.1. The first-order valence-electron chi connectivity index (χ1n) is 18.9. The van der Waals surface area contributed by atoms with Crippen LogP contribution < -0.4 is 36.1 Å². The lowest BCUT2D eigenvalue weighted by Crippen LogP contribution is -2.46. The number of nitrogens with zero attached hydrogens (tertiary/aromatic N) is 1. The Balaban J connectivity index is 1.06. The molecule has 4 aromatic rings. The Labute approximate surface area is 315 Å². The van der Waals surface area contributed by atoms with E-state index in [1.54, 1.807) is 30.3 Å². The SMILES string of the molecule is O=C(NCCCC(=O)N1CCNCC1)c1ccc(-c2cc(C(=O)Nc3ccc(O[C@H]4CCNC4)c(-c4ccc(F)cc4)c3)ccc2O[C@H]2CCNC2)cc1. The van der Waals surface area contributed by atoms with Gasteiger partial charge in [-0.05, 0) is 104 Å². The van der Waals surface area contributed by atoms with E-state index in [2.05, 4.69) is 26.6 Å². The van der Waals surface area contributed by atoms with Crippen molar-refractivity contribution in [2.45, 2.75) is 37.9 Å². The quantitative estimate of drug-likeness (QED) is 0.124. The molecule has 2 atom stereocenters. The number of anilines is 1. The van der Waals surface area contributed by atoms with Gasteiger partial charge in [0.1, 0.15) is 29.5 Å². The molecule has 7 rings (SSSR count). The number of piperazine rings is 1. The van der Waals surface area contributed by atoms with Crippen molar-refractivity contribution in [3.63, 3.8) is 0 Å². The van der Waals surface area contributed by atoms with Gasteiger partial charge in [-0.1, -0.05) is 24.3 Å². The van der Waals surface area contributed by atoms with Crippen LogP contribution in [0.25, 0.3) is 22.3 Å². The van der Waals surface area contributed by atoms with Crippen LogP contribution in [-0.2, 0) is 4.79 Å². The van der Waals surface area contributed by atoms with Crippen LogP contribution in [-0.4, -0.2) is 93.7 Å². The molecule has 0 aromatic heterocycles. The lowest BCUT2D eigenvalue weighted by atomic mass is 9.99. The van der Waals surface area contributed by atoms with Gasteiger partial charge in [-0.3, -0.25) is 14.4 Å². The molecule has 0 aliphatic carbocycles. The van der Waals surface area contributed by atoms with Gasteiger partial charge in [0.2, 0.25) is 5.91 Å². The molecule has 3 heterocycles. The van der Waals surface area contributed by atoms with E-state index in [-0.39, 0.29) is 35.7 Å². The van der Waals surface area contributed by atoms with Crippen molar-refractivity contribution in [2.75, 3.05) is 64.2 Å². The van der Waals surface area contributed by atoms with E-state index in [9.17, 15) is 18.8 Å². The third-order valence-corrected chi connectivity index (χ3v) is 10.0. The van der Waals surface area contributed by atoms with Crippen LogP contribution in [0.15, 0.2) is 84.9 Å². The molecule has 0 saturated carbocycles. The van der Waals surface area contributed by atoms with Crippen molar-refractivity contribution in [1.29, 1.82) is 0 Å². The molecule has 0 bridgehead atoms. The molecule has 0 unspecified atom stereocenters. The molecule has 0 spiro atoms. The number of carbonyl (C=O) groups excluding carboxylic acids is 3. The fraction of sp³-hybridized carbons (Fsp3) is 0.357. The minimum atomic E-state index is -0.331. The highest BCUT2D eigenvalue weighted by molar-refractivity contribution is 6.05. The van der Waals surface area contributed by atoms with E-state index < -0.39 is 0 Å². The highest BCUT2D eigenvalue weighted by Gasteiger charge is 2.22. The van der Waals surface area contributed by atoms with Crippen LogP contribution in [0, 0.1) is 5.82 Å². The summed E-state index contributed by atoms with van der Waals surface area (Å²) in [6.45, 7) is 6.70. The number of benzene rings is 4. The van der Waals surface area contributed by atoms with Gasteiger partial charge in [0, 0.05) is 80.2 Å². The molecular weight excluding hydrogens is 687 g/mol. The molecule has 5 N–H and O–H groups in total. The van der Waals surface area contributed by atoms with Crippen molar-refractivity contribution in [3.8, 4) is 33.8 Å². The average Bonchev–Trinajstić information content (AvgIpc) is 3.93. The van der Waals surface area contributed by atoms with Crippen LogP contribution in [0.4, 0.5) is 10.1 Å². The van der Waals surface area contributed by atoms with E-state index in [4.69, 9.17) is 9.47 Å². The van der Waals surface area contributed by atoms with Crippen molar-refractivity contribution >= 4 is 23.4 Å². The van der Waals surface area contributed by atoms with Crippen LogP contribution in [0.1, 0.15) is 46.4 Å². The summed E-state index contributed by atoms with van der Waals surface area (Å²) in [6.07, 6.45) is 2.75. The normalized spacial score (nSPS) is 18.3. The summed E-state index contributed by atoms with van der Waals surface area (Å²) in [4.78, 5) is 41.1. The molecule has 282 valence electrons. The second-order valence-electron chi connectivity index (χ2n) is 13.9. The predicted octanol–water partition coefficient (Wildman–Crippen LogP) is 4.84. The maximum atomic E-state index is 13.8. The molecule has 4 aromatic carbocycles. The van der Waals surface area contributed by atoms with Crippen LogP contribution >= 0.6 is 0 Å². The molecule has 11 nitrogen and oxygen atoms in total. The molecule has 3 aliphatic heterocycles. The van der Waals surface area contributed by atoms with Crippen molar-refractivity contribution in [2.24, 2.45) is 0 Å². The first-order chi connectivity index (χ1) is 26.4. The summed E-state index contributed by atoms with van der Waals surface area (Å²) >= 11 is 0. The number of hydrogen-bond acceptors (Lipinski definition) is 8. The highest BCUT2D eigenvalue weighted by Crippen LogP contribution is 2.36. The summed E-state index contributed by atoms with van der Waals surface area (Å²) in [6, 6.07) is 24.3. The summed E-state index contributed by atoms with van der Waals surface area (Å²) in [5.41, 5.74) is 4.55. The average molecular weight is 735 g/mol. The van der Waals surface area contributed by atoms with E-state index in [0.717, 1.165) is 87.5 Å². The van der Waals surface area contributed by atoms with Gasteiger partial charge in [0.25, 0.3) is 11.8 Å². The monoisotopic (exact) mass is 734 g/mol. The Morgan fingerprint density at radius 3 is 1.91 bits per heavy atom.